The van der Waals surface area contributed by atoms with Crippen molar-refractivity contribution in [2.24, 2.45) is 13.0 Å². The minimum Gasteiger partial charge on any atom is -0.450 e. The molecular formula is C29H34ClF9N6O3. The van der Waals surface area contributed by atoms with Gasteiger partial charge in [-0.05, 0) is 78.4 Å². The fraction of sp³-hybridized carbons (Fsp3) is 0.517. The van der Waals surface area contributed by atoms with Crippen LogP contribution in [0.4, 0.5) is 55.9 Å². The van der Waals surface area contributed by atoms with E-state index < -0.39 is 47.9 Å². The zero-order valence-electron chi connectivity index (χ0n) is 25.7. The van der Waals surface area contributed by atoms with Crippen LogP contribution in [0.2, 0.25) is 0 Å². The molecule has 0 aliphatic heterocycles. The lowest BCUT2D eigenvalue weighted by molar-refractivity contribution is -0.143. The fourth-order valence-corrected chi connectivity index (χ4v) is 5.41. The van der Waals surface area contributed by atoms with Crippen molar-refractivity contribution in [3.63, 3.8) is 0 Å². The van der Waals surface area contributed by atoms with Crippen LogP contribution in [0.3, 0.4) is 0 Å². The average Bonchev–Trinajstić information content (AvgIpc) is 3.40. The fourth-order valence-electron chi connectivity index (χ4n) is 5.41. The predicted molar refractivity (Wildman–Crippen MR) is 159 cm³/mol. The van der Waals surface area contributed by atoms with Gasteiger partial charge in [-0.2, -0.15) is 44.3 Å². The second-order valence-electron chi connectivity index (χ2n) is 11.0. The van der Waals surface area contributed by atoms with E-state index in [0.29, 0.717) is 36.8 Å². The largest absolute Gasteiger partial charge is 0.503 e. The standard InChI is InChI=1S/C28H31F9N6.CH2O3.ClH/c1-3-42(15-18-7-5-4-6-8-18)24-10-9-21(26(29,30)31)13-20(24)17-43(25-38-40-41(2)39-25)16-19-11-22(27(32,33)34)14-23(12-19)28(35,36)37;2-1(3)4;/h9-14,18H,3-8,15-17H2,1-2H3;(H2,2,3,4);1H. The second-order valence-corrected chi connectivity index (χ2v) is 11.0. The molecule has 1 fully saturated rings. The van der Waals surface area contributed by atoms with Gasteiger partial charge in [-0.3, -0.25) is 0 Å². The lowest BCUT2D eigenvalue weighted by Crippen LogP contribution is -2.32. The first-order valence-corrected chi connectivity index (χ1v) is 14.4. The molecule has 0 bridgehead atoms. The summed E-state index contributed by atoms with van der Waals surface area (Å²) in [5, 5.41) is 25.6. The summed E-state index contributed by atoms with van der Waals surface area (Å²) in [6, 6.07) is 4.45. The van der Waals surface area contributed by atoms with Crippen LogP contribution in [0, 0.1) is 5.92 Å². The molecule has 4 rings (SSSR count). The number of carbonyl (C=O) groups is 1. The normalized spacial score (nSPS) is 14.1. The number of hydrogen-bond donors (Lipinski definition) is 2. The molecule has 0 radical (unpaired) electrons. The van der Waals surface area contributed by atoms with Crippen LogP contribution in [-0.4, -0.2) is 49.7 Å². The maximum Gasteiger partial charge on any atom is 0.503 e. The van der Waals surface area contributed by atoms with Crippen molar-refractivity contribution >= 4 is 30.2 Å². The summed E-state index contributed by atoms with van der Waals surface area (Å²) in [7, 11) is 1.40. The SMILES string of the molecule is CCN(CC1CCCCC1)c1ccc(C(F)(F)F)cc1CN(Cc1cc(C(F)(F)F)cc(C(F)(F)F)c1)c1nnn(C)n1.Cl.O=C(O)O. The molecule has 1 saturated carbocycles. The molecule has 19 heteroatoms. The first-order valence-electron chi connectivity index (χ1n) is 14.4. The molecule has 1 aromatic heterocycles. The first-order chi connectivity index (χ1) is 21.8. The lowest BCUT2D eigenvalue weighted by Gasteiger charge is -2.33. The van der Waals surface area contributed by atoms with Gasteiger partial charge in [0.2, 0.25) is 0 Å². The second kappa shape index (κ2) is 16.4. The molecule has 3 aromatic rings. The van der Waals surface area contributed by atoms with Crippen LogP contribution in [-0.2, 0) is 38.7 Å². The van der Waals surface area contributed by atoms with E-state index in [1.54, 1.807) is 0 Å². The van der Waals surface area contributed by atoms with E-state index in [1.807, 2.05) is 11.8 Å². The summed E-state index contributed by atoms with van der Waals surface area (Å²) < 4.78 is 123. The van der Waals surface area contributed by atoms with Gasteiger partial charge in [0.15, 0.2) is 0 Å². The van der Waals surface area contributed by atoms with Crippen LogP contribution in [0.1, 0.15) is 66.8 Å². The Balaban J connectivity index is 0.00000151. The van der Waals surface area contributed by atoms with Gasteiger partial charge in [0, 0.05) is 31.9 Å². The predicted octanol–water partition coefficient (Wildman–Crippen LogP) is 8.52. The molecule has 268 valence electrons. The number of anilines is 2. The maximum absolute atomic E-state index is 13.8. The van der Waals surface area contributed by atoms with Gasteiger partial charge in [-0.1, -0.05) is 24.4 Å². The molecule has 48 heavy (non-hydrogen) atoms. The van der Waals surface area contributed by atoms with Crippen molar-refractivity contribution < 1.29 is 54.5 Å². The number of rotatable bonds is 9. The summed E-state index contributed by atoms with van der Waals surface area (Å²) in [5.74, 6) is 0.166. The minimum atomic E-state index is -5.07. The van der Waals surface area contributed by atoms with Crippen molar-refractivity contribution in [1.29, 1.82) is 0 Å². The van der Waals surface area contributed by atoms with E-state index in [4.69, 9.17) is 15.0 Å². The van der Waals surface area contributed by atoms with Crippen molar-refractivity contribution in [2.75, 3.05) is 22.9 Å². The molecule has 0 unspecified atom stereocenters. The number of hydrogen-bond acceptors (Lipinski definition) is 6. The highest BCUT2D eigenvalue weighted by atomic mass is 35.5. The maximum atomic E-state index is 13.8. The van der Waals surface area contributed by atoms with E-state index >= 15 is 0 Å². The van der Waals surface area contributed by atoms with Gasteiger partial charge in [0.1, 0.15) is 0 Å². The summed E-state index contributed by atoms with van der Waals surface area (Å²) in [4.78, 5) is 12.8. The molecule has 2 N–H and O–H groups in total. The number of aromatic nitrogens is 4. The Kier molecular flexibility index (Phi) is 13.8. The van der Waals surface area contributed by atoms with E-state index in [2.05, 4.69) is 15.4 Å². The van der Waals surface area contributed by atoms with Crippen LogP contribution >= 0.6 is 12.4 Å². The molecule has 0 atom stereocenters. The van der Waals surface area contributed by atoms with Gasteiger partial charge in [-0.25, -0.2) is 4.79 Å². The number of tetrazole rings is 1. The quantitative estimate of drug-likeness (QED) is 0.212. The zero-order valence-corrected chi connectivity index (χ0v) is 26.5. The minimum absolute atomic E-state index is 0. The number of halogens is 10. The third kappa shape index (κ3) is 11.6. The number of nitrogens with zero attached hydrogens (tertiary/aromatic N) is 6. The Morgan fingerprint density at radius 1 is 0.833 bits per heavy atom. The highest BCUT2D eigenvalue weighted by Gasteiger charge is 2.37. The molecular weight excluding hydrogens is 687 g/mol. The van der Waals surface area contributed by atoms with E-state index in [9.17, 15) is 39.5 Å². The Labute approximate surface area is 275 Å². The molecule has 1 aliphatic carbocycles. The number of carboxylic acid groups (broad SMARTS) is 2. The highest BCUT2D eigenvalue weighted by molar-refractivity contribution is 5.85. The van der Waals surface area contributed by atoms with Crippen molar-refractivity contribution in [3.8, 4) is 0 Å². The van der Waals surface area contributed by atoms with E-state index in [-0.39, 0.29) is 42.1 Å². The van der Waals surface area contributed by atoms with Crippen LogP contribution in [0.5, 0.6) is 0 Å². The Hall–Kier alpha value is -3.96. The third-order valence-corrected chi connectivity index (χ3v) is 7.50. The highest BCUT2D eigenvalue weighted by Crippen LogP contribution is 2.38. The number of alkyl halides is 9. The van der Waals surface area contributed by atoms with Gasteiger partial charge >= 0.3 is 24.7 Å². The summed E-state index contributed by atoms with van der Waals surface area (Å²) >= 11 is 0. The molecule has 2 aromatic carbocycles. The molecule has 1 aliphatic rings. The first kappa shape index (κ1) is 40.2. The van der Waals surface area contributed by atoms with Crippen molar-refractivity contribution in [2.45, 2.75) is 70.6 Å². The zero-order chi connectivity index (χ0) is 35.2. The topological polar surface area (TPSA) is 108 Å². The Bertz CT molecular complexity index is 1460. The number of benzene rings is 2. The van der Waals surface area contributed by atoms with Crippen molar-refractivity contribution in [3.05, 3.63) is 64.2 Å². The van der Waals surface area contributed by atoms with E-state index in [0.717, 1.165) is 49.0 Å². The molecule has 0 saturated heterocycles. The van der Waals surface area contributed by atoms with Crippen LogP contribution in [0.15, 0.2) is 36.4 Å². The summed E-state index contributed by atoms with van der Waals surface area (Å²) in [6.07, 6.45) is -11.4. The molecule has 0 amide bonds. The molecule has 0 spiro atoms. The third-order valence-electron chi connectivity index (χ3n) is 7.50. The van der Waals surface area contributed by atoms with Crippen LogP contribution in [0.25, 0.3) is 0 Å². The van der Waals surface area contributed by atoms with Gasteiger partial charge in [0.05, 0.1) is 23.7 Å². The van der Waals surface area contributed by atoms with Gasteiger partial charge in [-0.15, -0.1) is 17.5 Å². The Morgan fingerprint density at radius 2 is 1.38 bits per heavy atom. The van der Waals surface area contributed by atoms with Crippen LogP contribution < -0.4 is 9.80 Å². The van der Waals surface area contributed by atoms with E-state index in [1.165, 1.54) is 18.0 Å². The van der Waals surface area contributed by atoms with Gasteiger partial charge in [0.25, 0.3) is 5.95 Å². The average molecular weight is 721 g/mol. The summed E-state index contributed by atoms with van der Waals surface area (Å²) in [5.41, 5.74) is -3.68. The van der Waals surface area contributed by atoms with Gasteiger partial charge < -0.3 is 20.0 Å². The lowest BCUT2D eigenvalue weighted by atomic mass is 9.88. The van der Waals surface area contributed by atoms with Crippen molar-refractivity contribution in [1.82, 2.24) is 20.2 Å². The molecule has 1 heterocycles. The number of aryl methyl sites for hydroxylation is 1. The molecule has 9 nitrogen and oxygen atoms in total. The monoisotopic (exact) mass is 720 g/mol. The smallest absolute Gasteiger partial charge is 0.450 e. The summed E-state index contributed by atoms with van der Waals surface area (Å²) in [6.45, 7) is 2.03. The Morgan fingerprint density at radius 3 is 1.83 bits per heavy atom.